The number of carboxylic acid groups (broad SMARTS) is 1. The lowest BCUT2D eigenvalue weighted by atomic mass is 10.1. The van der Waals surface area contributed by atoms with Gasteiger partial charge >= 0.3 is 5.97 Å². The number of nitrogens with zero attached hydrogens (tertiary/aromatic N) is 1. The first-order valence-corrected chi connectivity index (χ1v) is 5.87. The molecule has 1 unspecified atom stereocenters. The Morgan fingerprint density at radius 2 is 1.88 bits per heavy atom. The van der Waals surface area contributed by atoms with Gasteiger partial charge in [0.25, 0.3) is 0 Å². The van der Waals surface area contributed by atoms with Gasteiger partial charge in [-0.2, -0.15) is 0 Å². The zero-order valence-electron chi connectivity index (χ0n) is 11.4. The van der Waals surface area contributed by atoms with E-state index in [1.165, 1.54) is 0 Å². The number of carboxylic acids is 1. The molecule has 0 aromatic carbocycles. The molecule has 2 N–H and O–H groups in total. The van der Waals surface area contributed by atoms with Crippen molar-refractivity contribution < 1.29 is 14.7 Å². The van der Waals surface area contributed by atoms with E-state index in [4.69, 9.17) is 5.11 Å². The summed E-state index contributed by atoms with van der Waals surface area (Å²) in [6, 6.07) is -0.247. The molecule has 0 rings (SSSR count). The number of rotatable bonds is 6. The standard InChI is InChI=1S/C12H24N2O3/c1-9(11(17)13-12(2,3)4)14(5)8-6-7-10(15)16/h9H,6-8H2,1-5H3,(H,13,17)(H,15,16). The molecule has 0 aromatic heterocycles. The van der Waals surface area contributed by atoms with E-state index in [1.54, 1.807) is 0 Å². The van der Waals surface area contributed by atoms with Crippen LogP contribution in [0, 0.1) is 0 Å². The summed E-state index contributed by atoms with van der Waals surface area (Å²) in [4.78, 5) is 24.1. The fourth-order valence-electron chi connectivity index (χ4n) is 1.35. The summed E-state index contributed by atoms with van der Waals surface area (Å²) < 4.78 is 0. The third-order valence-corrected chi connectivity index (χ3v) is 2.44. The van der Waals surface area contributed by atoms with Gasteiger partial charge in [-0.05, 0) is 47.7 Å². The molecule has 5 nitrogen and oxygen atoms in total. The quantitative estimate of drug-likeness (QED) is 0.733. The van der Waals surface area contributed by atoms with Crippen molar-refractivity contribution in [3.8, 4) is 0 Å². The van der Waals surface area contributed by atoms with E-state index in [0.717, 1.165) is 0 Å². The van der Waals surface area contributed by atoms with Crippen LogP contribution >= 0.6 is 0 Å². The third kappa shape index (κ3) is 7.74. The summed E-state index contributed by atoms with van der Waals surface area (Å²) >= 11 is 0. The Labute approximate surface area is 103 Å². The highest BCUT2D eigenvalue weighted by Gasteiger charge is 2.22. The van der Waals surface area contributed by atoms with Gasteiger partial charge in [-0.25, -0.2) is 0 Å². The molecular formula is C12H24N2O3. The molecule has 0 aliphatic carbocycles. The van der Waals surface area contributed by atoms with Crippen LogP contribution in [0.1, 0.15) is 40.5 Å². The fourth-order valence-corrected chi connectivity index (χ4v) is 1.35. The Kier molecular flexibility index (Phi) is 6.16. The Morgan fingerprint density at radius 3 is 2.29 bits per heavy atom. The minimum Gasteiger partial charge on any atom is -0.481 e. The molecule has 17 heavy (non-hydrogen) atoms. The molecule has 0 spiro atoms. The van der Waals surface area contributed by atoms with Crippen LogP contribution < -0.4 is 5.32 Å². The van der Waals surface area contributed by atoms with E-state index in [0.29, 0.717) is 13.0 Å². The van der Waals surface area contributed by atoms with Gasteiger partial charge in [0, 0.05) is 12.0 Å². The zero-order chi connectivity index (χ0) is 13.6. The van der Waals surface area contributed by atoms with Gasteiger partial charge in [0.15, 0.2) is 0 Å². The Balaban J connectivity index is 4.07. The fraction of sp³-hybridized carbons (Fsp3) is 0.833. The highest BCUT2D eigenvalue weighted by atomic mass is 16.4. The molecule has 0 saturated heterocycles. The molecule has 0 saturated carbocycles. The zero-order valence-corrected chi connectivity index (χ0v) is 11.4. The average Bonchev–Trinajstić information content (AvgIpc) is 2.13. The first-order chi connectivity index (χ1) is 7.63. The highest BCUT2D eigenvalue weighted by Crippen LogP contribution is 2.04. The average molecular weight is 244 g/mol. The van der Waals surface area contributed by atoms with E-state index >= 15 is 0 Å². The second kappa shape index (κ2) is 6.59. The van der Waals surface area contributed by atoms with E-state index < -0.39 is 5.97 Å². The van der Waals surface area contributed by atoms with E-state index in [9.17, 15) is 9.59 Å². The van der Waals surface area contributed by atoms with Crippen molar-refractivity contribution in [2.24, 2.45) is 0 Å². The molecule has 100 valence electrons. The lowest BCUT2D eigenvalue weighted by Gasteiger charge is -2.28. The summed E-state index contributed by atoms with van der Waals surface area (Å²) in [5.74, 6) is -0.833. The molecule has 5 heteroatoms. The smallest absolute Gasteiger partial charge is 0.303 e. The molecule has 0 heterocycles. The highest BCUT2D eigenvalue weighted by molar-refractivity contribution is 5.81. The van der Waals surface area contributed by atoms with Gasteiger partial charge in [0.05, 0.1) is 6.04 Å². The largest absolute Gasteiger partial charge is 0.481 e. The monoisotopic (exact) mass is 244 g/mol. The van der Waals surface area contributed by atoms with Crippen LogP contribution in [-0.4, -0.2) is 47.1 Å². The van der Waals surface area contributed by atoms with Crippen LogP contribution in [0.2, 0.25) is 0 Å². The number of hydrogen-bond donors (Lipinski definition) is 2. The van der Waals surface area contributed by atoms with Gasteiger partial charge in [0.1, 0.15) is 0 Å². The summed E-state index contributed by atoms with van der Waals surface area (Å²) in [5.41, 5.74) is -0.243. The number of likely N-dealkylation sites (N-methyl/N-ethyl adjacent to an activating group) is 1. The maximum Gasteiger partial charge on any atom is 0.303 e. The van der Waals surface area contributed by atoms with Crippen molar-refractivity contribution in [2.45, 2.75) is 52.1 Å². The first-order valence-electron chi connectivity index (χ1n) is 5.87. The normalized spacial score (nSPS) is 13.5. The van der Waals surface area contributed by atoms with Crippen molar-refractivity contribution in [2.75, 3.05) is 13.6 Å². The number of nitrogens with one attached hydrogen (secondary N) is 1. The topological polar surface area (TPSA) is 69.6 Å². The van der Waals surface area contributed by atoms with Crippen molar-refractivity contribution in [3.05, 3.63) is 0 Å². The van der Waals surface area contributed by atoms with Crippen LogP contribution in [0.5, 0.6) is 0 Å². The van der Waals surface area contributed by atoms with Crippen molar-refractivity contribution >= 4 is 11.9 Å². The first kappa shape index (κ1) is 15.9. The molecule has 0 fully saturated rings. The van der Waals surface area contributed by atoms with Crippen molar-refractivity contribution in [1.82, 2.24) is 10.2 Å². The van der Waals surface area contributed by atoms with E-state index in [-0.39, 0.29) is 23.9 Å². The van der Waals surface area contributed by atoms with Gasteiger partial charge in [-0.1, -0.05) is 0 Å². The number of carbonyl (C=O) groups excluding carboxylic acids is 1. The second-order valence-electron chi connectivity index (χ2n) is 5.39. The van der Waals surface area contributed by atoms with Crippen molar-refractivity contribution in [3.63, 3.8) is 0 Å². The molecule has 0 aliphatic heterocycles. The number of aliphatic carboxylic acids is 1. The number of hydrogen-bond acceptors (Lipinski definition) is 3. The van der Waals surface area contributed by atoms with Gasteiger partial charge in [-0.15, -0.1) is 0 Å². The lowest BCUT2D eigenvalue weighted by molar-refractivity contribution is -0.137. The van der Waals surface area contributed by atoms with Crippen molar-refractivity contribution in [1.29, 1.82) is 0 Å². The van der Waals surface area contributed by atoms with Crippen LogP contribution in [-0.2, 0) is 9.59 Å². The third-order valence-electron chi connectivity index (χ3n) is 2.44. The molecule has 1 amide bonds. The summed E-state index contributed by atoms with van der Waals surface area (Å²) in [6.07, 6.45) is 0.691. The molecule has 0 radical (unpaired) electrons. The van der Waals surface area contributed by atoms with Crippen LogP contribution in [0.25, 0.3) is 0 Å². The lowest BCUT2D eigenvalue weighted by Crippen LogP contribution is -2.50. The number of carbonyl (C=O) groups is 2. The van der Waals surface area contributed by atoms with Gasteiger partial charge in [-0.3, -0.25) is 14.5 Å². The Morgan fingerprint density at radius 1 is 1.35 bits per heavy atom. The summed E-state index contributed by atoms with van der Waals surface area (Å²) in [5, 5.41) is 11.4. The summed E-state index contributed by atoms with van der Waals surface area (Å²) in [6.45, 7) is 8.22. The van der Waals surface area contributed by atoms with Crippen LogP contribution in [0.3, 0.4) is 0 Å². The number of amides is 1. The van der Waals surface area contributed by atoms with E-state index in [2.05, 4.69) is 5.32 Å². The molecular weight excluding hydrogens is 220 g/mol. The van der Waals surface area contributed by atoms with Crippen LogP contribution in [0.4, 0.5) is 0 Å². The minimum absolute atomic E-state index is 0.0321. The Bertz CT molecular complexity index is 271. The van der Waals surface area contributed by atoms with Gasteiger partial charge < -0.3 is 10.4 Å². The SMILES string of the molecule is CC(C(=O)NC(C)(C)C)N(C)CCCC(=O)O. The van der Waals surface area contributed by atoms with Gasteiger partial charge in [0.2, 0.25) is 5.91 Å². The maximum atomic E-state index is 11.8. The summed E-state index contributed by atoms with van der Waals surface area (Å²) in [7, 11) is 1.83. The molecule has 0 aromatic rings. The van der Waals surface area contributed by atoms with E-state index in [1.807, 2.05) is 39.6 Å². The minimum atomic E-state index is -0.801. The molecule has 1 atom stereocenters. The predicted octanol–water partition coefficient (Wildman–Crippen LogP) is 1.09. The molecule has 0 bridgehead atoms. The predicted molar refractivity (Wildman–Crippen MR) is 66.9 cm³/mol. The molecule has 0 aliphatic rings. The second-order valence-corrected chi connectivity index (χ2v) is 5.39. The Hall–Kier alpha value is -1.10. The maximum absolute atomic E-state index is 11.8. The van der Waals surface area contributed by atoms with Crippen LogP contribution in [0.15, 0.2) is 0 Å².